The standard InChI is InChI=1S/C16H25N3O3/c1-15(2,3)22-14(21)18(5)16(4,11-20)12-10-19-9-7-6-8-13(19)17-12/h10-11H,6-9H2,1-5H3. The number of nitrogens with zero attached hydrogens (tertiary/aromatic N) is 3. The molecule has 1 aliphatic heterocycles. The molecule has 2 rings (SSSR count). The number of hydrogen-bond donors (Lipinski definition) is 0. The van der Waals surface area contributed by atoms with Gasteiger partial charge in [-0.05, 0) is 40.5 Å². The van der Waals surface area contributed by atoms with Crippen LogP contribution < -0.4 is 0 Å². The van der Waals surface area contributed by atoms with Crippen LogP contribution in [0.3, 0.4) is 0 Å². The Labute approximate surface area is 131 Å². The third kappa shape index (κ3) is 3.15. The third-order valence-electron chi connectivity index (χ3n) is 4.02. The maximum atomic E-state index is 12.3. The average molecular weight is 307 g/mol. The molecule has 122 valence electrons. The molecule has 6 nitrogen and oxygen atoms in total. The Hall–Kier alpha value is -1.85. The van der Waals surface area contributed by atoms with Gasteiger partial charge in [-0.1, -0.05) is 0 Å². The molecule has 1 aliphatic rings. The molecule has 22 heavy (non-hydrogen) atoms. The summed E-state index contributed by atoms with van der Waals surface area (Å²) in [6.45, 7) is 8.00. The molecule has 1 amide bonds. The van der Waals surface area contributed by atoms with Crippen molar-refractivity contribution in [3.05, 3.63) is 17.7 Å². The van der Waals surface area contributed by atoms with Crippen molar-refractivity contribution in [1.29, 1.82) is 0 Å². The van der Waals surface area contributed by atoms with E-state index in [1.165, 1.54) is 4.90 Å². The SMILES string of the molecule is CN(C(=O)OC(C)(C)C)C(C)(C=O)c1cn2c(n1)CCCC2. The van der Waals surface area contributed by atoms with Crippen LogP contribution >= 0.6 is 0 Å². The van der Waals surface area contributed by atoms with Crippen LogP contribution in [0.15, 0.2) is 6.20 Å². The molecule has 1 aromatic heterocycles. The van der Waals surface area contributed by atoms with Crippen molar-refractivity contribution in [3.63, 3.8) is 0 Å². The number of hydrogen-bond acceptors (Lipinski definition) is 4. The van der Waals surface area contributed by atoms with Crippen molar-refractivity contribution in [2.75, 3.05) is 7.05 Å². The number of aromatic nitrogens is 2. The molecular formula is C16H25N3O3. The van der Waals surface area contributed by atoms with Gasteiger partial charge in [-0.15, -0.1) is 0 Å². The Balaban J connectivity index is 2.29. The lowest BCUT2D eigenvalue weighted by Gasteiger charge is -2.34. The topological polar surface area (TPSA) is 64.4 Å². The van der Waals surface area contributed by atoms with E-state index in [9.17, 15) is 9.59 Å². The first-order chi connectivity index (χ1) is 10.2. The van der Waals surface area contributed by atoms with Crippen LogP contribution in [0.5, 0.6) is 0 Å². The van der Waals surface area contributed by atoms with E-state index in [0.29, 0.717) is 5.69 Å². The van der Waals surface area contributed by atoms with Crippen LogP contribution in [0.2, 0.25) is 0 Å². The second-order valence-corrected chi connectivity index (χ2v) is 7.00. The van der Waals surface area contributed by atoms with Gasteiger partial charge in [0.1, 0.15) is 17.0 Å². The van der Waals surface area contributed by atoms with Gasteiger partial charge in [0, 0.05) is 26.2 Å². The van der Waals surface area contributed by atoms with Gasteiger partial charge in [-0.25, -0.2) is 9.78 Å². The van der Waals surface area contributed by atoms with Gasteiger partial charge in [0.15, 0.2) is 6.29 Å². The van der Waals surface area contributed by atoms with Crippen molar-refractivity contribution in [2.24, 2.45) is 0 Å². The zero-order valence-electron chi connectivity index (χ0n) is 14.0. The highest BCUT2D eigenvalue weighted by Crippen LogP contribution is 2.28. The van der Waals surface area contributed by atoms with Crippen molar-refractivity contribution < 1.29 is 14.3 Å². The zero-order valence-corrected chi connectivity index (χ0v) is 14.0. The van der Waals surface area contributed by atoms with Crippen LogP contribution in [0.25, 0.3) is 0 Å². The number of amides is 1. The fourth-order valence-corrected chi connectivity index (χ4v) is 2.49. The fraction of sp³-hybridized carbons (Fsp3) is 0.688. The molecule has 0 fully saturated rings. The molecule has 0 saturated carbocycles. The number of carbonyl (C=O) groups excluding carboxylic acids is 2. The summed E-state index contributed by atoms with van der Waals surface area (Å²) in [6.07, 6.45) is 5.23. The smallest absolute Gasteiger partial charge is 0.411 e. The summed E-state index contributed by atoms with van der Waals surface area (Å²) in [5.74, 6) is 0.979. The Morgan fingerprint density at radius 1 is 1.36 bits per heavy atom. The quantitative estimate of drug-likeness (QED) is 0.805. The van der Waals surface area contributed by atoms with Gasteiger partial charge in [0.2, 0.25) is 0 Å². The number of likely N-dealkylation sites (N-methyl/N-ethyl adjacent to an activating group) is 1. The van der Waals surface area contributed by atoms with Crippen molar-refractivity contribution in [2.45, 2.75) is 64.6 Å². The summed E-state index contributed by atoms with van der Waals surface area (Å²) in [6, 6.07) is 0. The minimum atomic E-state index is -1.13. The molecule has 0 bridgehead atoms. The first kappa shape index (κ1) is 16.5. The molecule has 2 heterocycles. The van der Waals surface area contributed by atoms with Crippen molar-refractivity contribution >= 4 is 12.4 Å². The van der Waals surface area contributed by atoms with E-state index in [-0.39, 0.29) is 0 Å². The van der Waals surface area contributed by atoms with Crippen LogP contribution in [-0.4, -0.2) is 39.5 Å². The Morgan fingerprint density at radius 2 is 2.05 bits per heavy atom. The summed E-state index contributed by atoms with van der Waals surface area (Å²) in [4.78, 5) is 29.9. The maximum Gasteiger partial charge on any atom is 0.411 e. The molecular weight excluding hydrogens is 282 g/mol. The minimum absolute atomic E-state index is 0.534. The summed E-state index contributed by atoms with van der Waals surface area (Å²) in [7, 11) is 1.57. The predicted molar refractivity (Wildman–Crippen MR) is 82.6 cm³/mol. The Morgan fingerprint density at radius 3 is 2.59 bits per heavy atom. The fourth-order valence-electron chi connectivity index (χ4n) is 2.49. The number of imidazole rings is 1. The van der Waals surface area contributed by atoms with Crippen molar-refractivity contribution in [1.82, 2.24) is 14.5 Å². The first-order valence-electron chi connectivity index (χ1n) is 7.67. The van der Waals surface area contributed by atoms with Gasteiger partial charge >= 0.3 is 6.09 Å². The Kier molecular flexibility index (Phi) is 4.31. The zero-order chi connectivity index (χ0) is 16.5. The molecule has 1 unspecified atom stereocenters. The number of aryl methyl sites for hydroxylation is 2. The van der Waals surface area contributed by atoms with Crippen LogP contribution in [0.1, 0.15) is 52.1 Å². The highest BCUT2D eigenvalue weighted by Gasteiger charge is 2.39. The number of ether oxygens (including phenoxy) is 1. The van der Waals surface area contributed by atoms with E-state index in [2.05, 4.69) is 9.55 Å². The second kappa shape index (κ2) is 5.74. The average Bonchev–Trinajstić information content (AvgIpc) is 2.88. The third-order valence-corrected chi connectivity index (χ3v) is 4.02. The number of fused-ring (bicyclic) bond motifs is 1. The van der Waals surface area contributed by atoms with E-state index >= 15 is 0 Å². The number of aldehydes is 1. The summed E-state index contributed by atoms with van der Waals surface area (Å²) in [5, 5.41) is 0. The van der Waals surface area contributed by atoms with Gasteiger partial charge in [-0.2, -0.15) is 0 Å². The van der Waals surface area contributed by atoms with Crippen molar-refractivity contribution in [3.8, 4) is 0 Å². The van der Waals surface area contributed by atoms with Crippen LogP contribution in [0, 0.1) is 0 Å². The largest absolute Gasteiger partial charge is 0.444 e. The highest BCUT2D eigenvalue weighted by atomic mass is 16.6. The maximum absolute atomic E-state index is 12.3. The summed E-state index contributed by atoms with van der Waals surface area (Å²) in [5.41, 5.74) is -1.15. The van der Waals surface area contributed by atoms with E-state index < -0.39 is 17.2 Å². The van der Waals surface area contributed by atoms with E-state index in [1.807, 2.05) is 6.20 Å². The molecule has 0 spiro atoms. The lowest BCUT2D eigenvalue weighted by atomic mass is 9.99. The van der Waals surface area contributed by atoms with Crippen LogP contribution in [-0.2, 0) is 28.0 Å². The molecule has 0 aliphatic carbocycles. The minimum Gasteiger partial charge on any atom is -0.444 e. The molecule has 1 atom stereocenters. The van der Waals surface area contributed by atoms with Gasteiger partial charge < -0.3 is 14.1 Å². The predicted octanol–water partition coefficient (Wildman–Crippen LogP) is 2.50. The summed E-state index contributed by atoms with van der Waals surface area (Å²) >= 11 is 0. The lowest BCUT2D eigenvalue weighted by Crippen LogP contribution is -2.48. The summed E-state index contributed by atoms with van der Waals surface area (Å²) < 4.78 is 7.44. The molecule has 0 saturated heterocycles. The van der Waals surface area contributed by atoms with Crippen LogP contribution in [0.4, 0.5) is 4.79 Å². The normalized spacial score (nSPS) is 17.3. The molecule has 0 radical (unpaired) electrons. The molecule has 0 aromatic carbocycles. The van der Waals surface area contributed by atoms with Gasteiger partial charge in [0.25, 0.3) is 0 Å². The monoisotopic (exact) mass is 307 g/mol. The number of carbonyl (C=O) groups is 2. The lowest BCUT2D eigenvalue weighted by molar-refractivity contribution is -0.117. The van der Waals surface area contributed by atoms with E-state index in [1.54, 1.807) is 34.7 Å². The molecule has 0 N–H and O–H groups in total. The highest BCUT2D eigenvalue weighted by molar-refractivity contribution is 5.77. The van der Waals surface area contributed by atoms with Gasteiger partial charge in [-0.3, -0.25) is 4.90 Å². The van der Waals surface area contributed by atoms with E-state index in [4.69, 9.17) is 4.74 Å². The van der Waals surface area contributed by atoms with Gasteiger partial charge in [0.05, 0.1) is 5.69 Å². The van der Waals surface area contributed by atoms with E-state index in [0.717, 1.165) is 37.9 Å². The molecule has 6 heteroatoms. The number of rotatable bonds is 3. The Bertz CT molecular complexity index is 550. The molecule has 1 aromatic rings. The second-order valence-electron chi connectivity index (χ2n) is 7.00. The first-order valence-corrected chi connectivity index (χ1v) is 7.67.